The van der Waals surface area contributed by atoms with Crippen LogP contribution in [0.2, 0.25) is 0 Å². The van der Waals surface area contributed by atoms with Gasteiger partial charge >= 0.3 is 0 Å². The summed E-state index contributed by atoms with van der Waals surface area (Å²) in [5.74, 6) is 0.0746. The number of para-hydroxylation sites is 1. The molecule has 0 bridgehead atoms. The lowest BCUT2D eigenvalue weighted by molar-refractivity contribution is 0.0236. The van der Waals surface area contributed by atoms with Gasteiger partial charge in [0.15, 0.2) is 11.6 Å². The van der Waals surface area contributed by atoms with E-state index in [4.69, 9.17) is 15.2 Å². The number of hydrogen-bond donors (Lipinski definition) is 1. The lowest BCUT2D eigenvalue weighted by Crippen LogP contribution is -2.27. The summed E-state index contributed by atoms with van der Waals surface area (Å²) >= 11 is 0. The number of rotatable bonds is 5. The van der Waals surface area contributed by atoms with Crippen LogP contribution in [-0.4, -0.2) is 25.4 Å². The van der Waals surface area contributed by atoms with Crippen molar-refractivity contribution in [3.8, 4) is 5.75 Å². The summed E-state index contributed by atoms with van der Waals surface area (Å²) in [6, 6.07) is 5.09. The molecule has 0 radical (unpaired) electrons. The third-order valence-electron chi connectivity index (χ3n) is 3.51. The van der Waals surface area contributed by atoms with Gasteiger partial charge in [0.05, 0.1) is 13.2 Å². The summed E-state index contributed by atoms with van der Waals surface area (Å²) in [4.78, 5) is 0. The first-order valence-corrected chi connectivity index (χ1v) is 6.98. The molecule has 1 aromatic carbocycles. The van der Waals surface area contributed by atoms with Crippen molar-refractivity contribution in [2.45, 2.75) is 44.8 Å². The standard InChI is InChI=1S/C15H22FNO2/c1-2-12(17)10-11-4-3-5-14(16)15(11)19-13-6-8-18-9-7-13/h3-5,12-13H,2,6-10,17H2,1H3. The first-order chi connectivity index (χ1) is 9.20. The van der Waals surface area contributed by atoms with Crippen LogP contribution in [0, 0.1) is 5.82 Å². The van der Waals surface area contributed by atoms with Gasteiger partial charge in [-0.1, -0.05) is 19.1 Å². The third-order valence-corrected chi connectivity index (χ3v) is 3.51. The van der Waals surface area contributed by atoms with Crippen LogP contribution in [0.4, 0.5) is 4.39 Å². The largest absolute Gasteiger partial charge is 0.487 e. The van der Waals surface area contributed by atoms with E-state index >= 15 is 0 Å². The Hall–Kier alpha value is -1.13. The Morgan fingerprint density at radius 3 is 2.84 bits per heavy atom. The van der Waals surface area contributed by atoms with E-state index in [0.29, 0.717) is 25.4 Å². The van der Waals surface area contributed by atoms with Crippen molar-refractivity contribution in [3.63, 3.8) is 0 Å². The molecular formula is C15H22FNO2. The highest BCUT2D eigenvalue weighted by Crippen LogP contribution is 2.27. The summed E-state index contributed by atoms with van der Waals surface area (Å²) in [5.41, 5.74) is 6.82. The molecule has 3 nitrogen and oxygen atoms in total. The maximum absolute atomic E-state index is 14.0. The van der Waals surface area contributed by atoms with Crippen LogP contribution >= 0.6 is 0 Å². The zero-order valence-electron chi connectivity index (χ0n) is 11.4. The van der Waals surface area contributed by atoms with Crippen molar-refractivity contribution in [2.75, 3.05) is 13.2 Å². The highest BCUT2D eigenvalue weighted by molar-refractivity contribution is 5.35. The third kappa shape index (κ3) is 3.91. The topological polar surface area (TPSA) is 44.5 Å². The second kappa shape index (κ2) is 6.87. The lowest BCUT2D eigenvalue weighted by Gasteiger charge is -2.25. The molecule has 106 valence electrons. The molecule has 2 rings (SSSR count). The van der Waals surface area contributed by atoms with Crippen molar-refractivity contribution in [1.29, 1.82) is 0 Å². The van der Waals surface area contributed by atoms with Crippen LogP contribution in [0.1, 0.15) is 31.7 Å². The number of halogens is 1. The lowest BCUT2D eigenvalue weighted by atomic mass is 10.0. The van der Waals surface area contributed by atoms with E-state index in [-0.39, 0.29) is 18.0 Å². The quantitative estimate of drug-likeness (QED) is 0.892. The van der Waals surface area contributed by atoms with E-state index in [1.807, 2.05) is 13.0 Å². The molecule has 0 aromatic heterocycles. The van der Waals surface area contributed by atoms with Crippen molar-refractivity contribution in [3.05, 3.63) is 29.6 Å². The highest BCUT2D eigenvalue weighted by atomic mass is 19.1. The van der Waals surface area contributed by atoms with Gasteiger partial charge in [0.1, 0.15) is 6.10 Å². The molecule has 0 spiro atoms. The fourth-order valence-electron chi connectivity index (χ4n) is 2.23. The zero-order chi connectivity index (χ0) is 13.7. The Balaban J connectivity index is 2.12. The fourth-order valence-corrected chi connectivity index (χ4v) is 2.23. The molecule has 1 aliphatic rings. The van der Waals surface area contributed by atoms with Crippen molar-refractivity contribution in [1.82, 2.24) is 0 Å². The molecule has 1 saturated heterocycles. The van der Waals surface area contributed by atoms with Gasteiger partial charge in [-0.2, -0.15) is 0 Å². The van der Waals surface area contributed by atoms with Crippen molar-refractivity contribution < 1.29 is 13.9 Å². The summed E-state index contributed by atoms with van der Waals surface area (Å²) in [5, 5.41) is 0. The van der Waals surface area contributed by atoms with Gasteiger partial charge in [0.25, 0.3) is 0 Å². The van der Waals surface area contributed by atoms with Gasteiger partial charge in [-0.05, 0) is 24.5 Å². The Kier molecular flexibility index (Phi) is 5.16. The molecule has 1 unspecified atom stereocenters. The molecular weight excluding hydrogens is 245 g/mol. The summed E-state index contributed by atoms with van der Waals surface area (Å²) in [6.07, 6.45) is 3.18. The van der Waals surface area contributed by atoms with Crippen LogP contribution in [0.5, 0.6) is 5.75 Å². The number of nitrogens with two attached hydrogens (primary N) is 1. The smallest absolute Gasteiger partial charge is 0.165 e. The SMILES string of the molecule is CCC(N)Cc1cccc(F)c1OC1CCOCC1. The van der Waals surface area contributed by atoms with Gasteiger partial charge < -0.3 is 15.2 Å². The molecule has 0 saturated carbocycles. The molecule has 1 heterocycles. The molecule has 2 N–H and O–H groups in total. The van der Waals surface area contributed by atoms with Crippen LogP contribution < -0.4 is 10.5 Å². The van der Waals surface area contributed by atoms with E-state index < -0.39 is 0 Å². The Morgan fingerprint density at radius 1 is 1.42 bits per heavy atom. The van der Waals surface area contributed by atoms with Crippen LogP contribution in [0.3, 0.4) is 0 Å². The first kappa shape index (κ1) is 14.3. The number of hydrogen-bond acceptors (Lipinski definition) is 3. The number of ether oxygens (including phenoxy) is 2. The summed E-state index contributed by atoms with van der Waals surface area (Å²) in [7, 11) is 0. The minimum Gasteiger partial charge on any atom is -0.487 e. The minimum atomic E-state index is -0.299. The first-order valence-electron chi connectivity index (χ1n) is 6.98. The average Bonchev–Trinajstić information content (AvgIpc) is 2.43. The van der Waals surface area contributed by atoms with Crippen LogP contribution in [0.15, 0.2) is 18.2 Å². The van der Waals surface area contributed by atoms with Crippen molar-refractivity contribution >= 4 is 0 Å². The summed E-state index contributed by atoms with van der Waals surface area (Å²) in [6.45, 7) is 3.40. The second-order valence-electron chi connectivity index (χ2n) is 5.03. The molecule has 1 aromatic rings. The molecule has 1 atom stereocenters. The van der Waals surface area contributed by atoms with E-state index in [1.165, 1.54) is 6.07 Å². The van der Waals surface area contributed by atoms with Gasteiger partial charge in [0, 0.05) is 18.9 Å². The normalized spacial score (nSPS) is 18.3. The van der Waals surface area contributed by atoms with Gasteiger partial charge in [-0.25, -0.2) is 4.39 Å². The van der Waals surface area contributed by atoms with Crippen LogP contribution in [-0.2, 0) is 11.2 Å². The molecule has 4 heteroatoms. The molecule has 1 fully saturated rings. The molecule has 0 aliphatic carbocycles. The monoisotopic (exact) mass is 267 g/mol. The van der Waals surface area contributed by atoms with E-state index in [9.17, 15) is 4.39 Å². The number of benzene rings is 1. The maximum Gasteiger partial charge on any atom is 0.165 e. The van der Waals surface area contributed by atoms with Crippen LogP contribution in [0.25, 0.3) is 0 Å². The highest BCUT2D eigenvalue weighted by Gasteiger charge is 2.19. The zero-order valence-corrected chi connectivity index (χ0v) is 11.4. The van der Waals surface area contributed by atoms with Gasteiger partial charge in [-0.15, -0.1) is 0 Å². The Bertz CT molecular complexity index is 405. The van der Waals surface area contributed by atoms with E-state index in [2.05, 4.69) is 0 Å². The molecule has 1 aliphatic heterocycles. The molecule has 0 amide bonds. The fraction of sp³-hybridized carbons (Fsp3) is 0.600. The minimum absolute atomic E-state index is 0.0406. The predicted molar refractivity (Wildman–Crippen MR) is 72.8 cm³/mol. The Labute approximate surface area is 113 Å². The Morgan fingerprint density at radius 2 is 2.16 bits per heavy atom. The van der Waals surface area contributed by atoms with Gasteiger partial charge in [0.2, 0.25) is 0 Å². The predicted octanol–water partition coefficient (Wildman–Crippen LogP) is 2.66. The van der Waals surface area contributed by atoms with Gasteiger partial charge in [-0.3, -0.25) is 0 Å². The molecule has 19 heavy (non-hydrogen) atoms. The van der Waals surface area contributed by atoms with E-state index in [0.717, 1.165) is 24.8 Å². The van der Waals surface area contributed by atoms with E-state index in [1.54, 1.807) is 6.07 Å². The summed E-state index contributed by atoms with van der Waals surface area (Å²) < 4.78 is 25.1. The second-order valence-corrected chi connectivity index (χ2v) is 5.03. The average molecular weight is 267 g/mol. The van der Waals surface area contributed by atoms with Crippen molar-refractivity contribution in [2.24, 2.45) is 5.73 Å². The maximum atomic E-state index is 14.0.